The molecule has 1 heterocycles. The molecule has 0 aliphatic rings. The normalized spacial score (nSPS) is 12.9. The zero-order valence-corrected chi connectivity index (χ0v) is 8.94. The predicted octanol–water partition coefficient (Wildman–Crippen LogP) is 2.38. The summed E-state index contributed by atoms with van der Waals surface area (Å²) in [5, 5.41) is 14.9. The van der Waals surface area contributed by atoms with Gasteiger partial charge in [-0.05, 0) is 27.2 Å². The van der Waals surface area contributed by atoms with Crippen molar-refractivity contribution in [3.63, 3.8) is 0 Å². The molecule has 5 heteroatoms. The Morgan fingerprint density at radius 3 is 2.50 bits per heavy atom. The number of rotatable bonds is 3. The Morgan fingerprint density at radius 2 is 2.14 bits per heavy atom. The molecule has 0 radical (unpaired) electrons. The van der Waals surface area contributed by atoms with Crippen LogP contribution >= 0.6 is 0 Å². The van der Waals surface area contributed by atoms with Crippen molar-refractivity contribution in [2.45, 2.75) is 40.2 Å². The molecule has 0 aliphatic heterocycles. The topological polar surface area (TPSA) is 61.0 Å². The standard InChI is InChI=1S/C9H15N3O2/c1-5-6(2)11-8(4)9(12(13)14)7(3)10-11/h6H,5H2,1-4H3. The van der Waals surface area contributed by atoms with Crippen molar-refractivity contribution < 1.29 is 4.92 Å². The molecule has 14 heavy (non-hydrogen) atoms. The maximum absolute atomic E-state index is 10.7. The van der Waals surface area contributed by atoms with Crippen LogP contribution < -0.4 is 0 Å². The van der Waals surface area contributed by atoms with Gasteiger partial charge in [-0.25, -0.2) is 0 Å². The predicted molar refractivity (Wildman–Crippen MR) is 53.4 cm³/mol. The molecule has 0 fully saturated rings. The van der Waals surface area contributed by atoms with Crippen LogP contribution in [-0.2, 0) is 0 Å². The van der Waals surface area contributed by atoms with Crippen LogP contribution in [0.25, 0.3) is 0 Å². The highest BCUT2D eigenvalue weighted by Gasteiger charge is 2.23. The molecule has 78 valence electrons. The zero-order valence-electron chi connectivity index (χ0n) is 8.94. The molecular weight excluding hydrogens is 182 g/mol. The van der Waals surface area contributed by atoms with Gasteiger partial charge in [0.15, 0.2) is 0 Å². The van der Waals surface area contributed by atoms with Crippen LogP contribution in [0.15, 0.2) is 0 Å². The summed E-state index contributed by atoms with van der Waals surface area (Å²) in [5.74, 6) is 0. The van der Waals surface area contributed by atoms with Crippen LogP contribution in [0, 0.1) is 24.0 Å². The van der Waals surface area contributed by atoms with Gasteiger partial charge in [0.2, 0.25) is 0 Å². The lowest BCUT2D eigenvalue weighted by Gasteiger charge is -2.10. The first-order valence-corrected chi connectivity index (χ1v) is 4.69. The van der Waals surface area contributed by atoms with E-state index in [-0.39, 0.29) is 16.7 Å². The number of hydrogen-bond acceptors (Lipinski definition) is 3. The van der Waals surface area contributed by atoms with Crippen molar-refractivity contribution in [1.29, 1.82) is 0 Å². The van der Waals surface area contributed by atoms with Crippen LogP contribution in [0.3, 0.4) is 0 Å². The van der Waals surface area contributed by atoms with Crippen LogP contribution in [-0.4, -0.2) is 14.7 Å². The molecule has 0 saturated heterocycles. The van der Waals surface area contributed by atoms with Gasteiger partial charge in [-0.2, -0.15) is 5.10 Å². The largest absolute Gasteiger partial charge is 0.312 e. The van der Waals surface area contributed by atoms with Crippen LogP contribution in [0.2, 0.25) is 0 Å². The summed E-state index contributed by atoms with van der Waals surface area (Å²) in [6, 6.07) is 0.211. The third kappa shape index (κ3) is 1.62. The number of hydrogen-bond donors (Lipinski definition) is 0. The molecule has 5 nitrogen and oxygen atoms in total. The molecule has 0 amide bonds. The van der Waals surface area contributed by atoms with E-state index in [0.717, 1.165) is 6.42 Å². The minimum absolute atomic E-state index is 0.144. The fraction of sp³-hybridized carbons (Fsp3) is 0.667. The maximum atomic E-state index is 10.7. The van der Waals surface area contributed by atoms with Gasteiger partial charge in [-0.1, -0.05) is 6.92 Å². The van der Waals surface area contributed by atoms with Crippen molar-refractivity contribution in [3.05, 3.63) is 21.5 Å². The van der Waals surface area contributed by atoms with E-state index < -0.39 is 0 Å². The van der Waals surface area contributed by atoms with Gasteiger partial charge < -0.3 is 0 Å². The Balaban J connectivity index is 3.23. The van der Waals surface area contributed by atoms with Gasteiger partial charge in [-0.3, -0.25) is 14.8 Å². The molecular formula is C9H15N3O2. The Kier molecular flexibility index (Phi) is 2.88. The van der Waals surface area contributed by atoms with Crippen molar-refractivity contribution in [1.82, 2.24) is 9.78 Å². The molecule has 0 bridgehead atoms. The summed E-state index contributed by atoms with van der Waals surface area (Å²) in [5.41, 5.74) is 1.28. The summed E-state index contributed by atoms with van der Waals surface area (Å²) in [7, 11) is 0. The second kappa shape index (κ2) is 3.77. The SMILES string of the molecule is CCC(C)n1nc(C)c([N+](=O)[O-])c1C. The first kappa shape index (κ1) is 10.7. The fourth-order valence-electron chi connectivity index (χ4n) is 1.52. The monoisotopic (exact) mass is 197 g/mol. The molecule has 1 atom stereocenters. The molecule has 1 rings (SSSR count). The Bertz CT molecular complexity index is 357. The lowest BCUT2D eigenvalue weighted by atomic mass is 10.2. The quantitative estimate of drug-likeness (QED) is 0.552. The average Bonchev–Trinajstić information content (AvgIpc) is 2.40. The van der Waals surface area contributed by atoms with Crippen molar-refractivity contribution in [2.24, 2.45) is 0 Å². The van der Waals surface area contributed by atoms with Crippen molar-refractivity contribution >= 4 is 5.69 Å². The second-order valence-corrected chi connectivity index (χ2v) is 3.48. The molecule has 1 aromatic heterocycles. The smallest absolute Gasteiger partial charge is 0.260 e. The zero-order chi connectivity index (χ0) is 10.9. The molecule has 0 spiro atoms. The van der Waals surface area contributed by atoms with E-state index >= 15 is 0 Å². The van der Waals surface area contributed by atoms with E-state index in [2.05, 4.69) is 5.10 Å². The minimum atomic E-state index is -0.365. The second-order valence-electron chi connectivity index (χ2n) is 3.48. The van der Waals surface area contributed by atoms with E-state index in [1.54, 1.807) is 18.5 Å². The van der Waals surface area contributed by atoms with Gasteiger partial charge in [-0.15, -0.1) is 0 Å². The molecule has 0 N–H and O–H groups in total. The number of aryl methyl sites for hydroxylation is 1. The summed E-state index contributed by atoms with van der Waals surface area (Å²) in [4.78, 5) is 10.4. The third-order valence-electron chi connectivity index (χ3n) is 2.48. The first-order chi connectivity index (χ1) is 6.49. The van der Waals surface area contributed by atoms with E-state index in [1.165, 1.54) is 0 Å². The molecule has 0 aromatic carbocycles. The molecule has 0 saturated carbocycles. The summed E-state index contributed by atoms with van der Waals surface area (Å²) in [6.07, 6.45) is 0.916. The highest BCUT2D eigenvalue weighted by Crippen LogP contribution is 2.25. The summed E-state index contributed by atoms with van der Waals surface area (Å²) < 4.78 is 1.73. The van der Waals surface area contributed by atoms with Crippen molar-refractivity contribution in [3.8, 4) is 0 Å². The van der Waals surface area contributed by atoms with E-state index in [1.807, 2.05) is 13.8 Å². The lowest BCUT2D eigenvalue weighted by Crippen LogP contribution is -2.07. The van der Waals surface area contributed by atoms with Crippen LogP contribution in [0.5, 0.6) is 0 Å². The van der Waals surface area contributed by atoms with Gasteiger partial charge in [0, 0.05) is 6.04 Å². The maximum Gasteiger partial charge on any atom is 0.312 e. The third-order valence-corrected chi connectivity index (χ3v) is 2.48. The van der Waals surface area contributed by atoms with Gasteiger partial charge in [0.05, 0.1) is 4.92 Å². The van der Waals surface area contributed by atoms with E-state index in [9.17, 15) is 10.1 Å². The number of nitrogens with zero attached hydrogens (tertiary/aromatic N) is 3. The van der Waals surface area contributed by atoms with E-state index in [0.29, 0.717) is 11.4 Å². The number of nitro groups is 1. The molecule has 1 unspecified atom stereocenters. The Labute approximate surface area is 82.9 Å². The van der Waals surface area contributed by atoms with Crippen LogP contribution in [0.1, 0.15) is 37.7 Å². The molecule has 1 aromatic rings. The minimum Gasteiger partial charge on any atom is -0.260 e. The lowest BCUT2D eigenvalue weighted by molar-refractivity contribution is -0.386. The fourth-order valence-corrected chi connectivity index (χ4v) is 1.52. The summed E-state index contributed by atoms with van der Waals surface area (Å²) in [6.45, 7) is 7.45. The number of aromatic nitrogens is 2. The van der Waals surface area contributed by atoms with Crippen molar-refractivity contribution in [2.75, 3.05) is 0 Å². The average molecular weight is 197 g/mol. The Hall–Kier alpha value is -1.39. The van der Waals surface area contributed by atoms with E-state index in [4.69, 9.17) is 0 Å². The highest BCUT2D eigenvalue weighted by atomic mass is 16.6. The van der Waals surface area contributed by atoms with Gasteiger partial charge >= 0.3 is 5.69 Å². The van der Waals surface area contributed by atoms with Crippen LogP contribution in [0.4, 0.5) is 5.69 Å². The van der Waals surface area contributed by atoms with Gasteiger partial charge in [0.25, 0.3) is 0 Å². The first-order valence-electron chi connectivity index (χ1n) is 4.69. The highest BCUT2D eigenvalue weighted by molar-refractivity contribution is 5.39. The van der Waals surface area contributed by atoms with Gasteiger partial charge in [0.1, 0.15) is 11.4 Å². The molecule has 0 aliphatic carbocycles. The summed E-state index contributed by atoms with van der Waals surface area (Å²) >= 11 is 0. The Morgan fingerprint density at radius 1 is 1.57 bits per heavy atom.